The summed E-state index contributed by atoms with van der Waals surface area (Å²) in [6.07, 6.45) is 3.49. The molecular weight excluding hydrogens is 453 g/mol. The van der Waals surface area contributed by atoms with Crippen molar-refractivity contribution in [1.82, 2.24) is 15.2 Å². The lowest BCUT2D eigenvalue weighted by Gasteiger charge is -2.33. The van der Waals surface area contributed by atoms with Crippen molar-refractivity contribution in [3.8, 4) is 11.6 Å². The van der Waals surface area contributed by atoms with Gasteiger partial charge in [-0.3, -0.25) is 9.59 Å². The predicted octanol–water partition coefficient (Wildman–Crippen LogP) is 4.54. The van der Waals surface area contributed by atoms with Gasteiger partial charge in [0.25, 0.3) is 5.91 Å². The smallest absolute Gasteiger partial charge is 0.257 e. The Kier molecular flexibility index (Phi) is 7.42. The standard InChI is InChI=1S/C22H25BrFN3O3/c1-14(2)12-20(28)27-10-7-16(8-11-27)26-21(29)17-4-3-9-25-22(17)30-19-6-5-15(24)13-18(19)23/h3-6,9,13-14,16H,7-8,10-12H2,1-2H3,(H,26,29). The SMILES string of the molecule is CC(C)CC(=O)N1CCC(NC(=O)c2cccnc2Oc2ccc(F)cc2Br)CC1. The molecular formula is C22H25BrFN3O3. The lowest BCUT2D eigenvalue weighted by Crippen LogP contribution is -2.46. The summed E-state index contributed by atoms with van der Waals surface area (Å²) in [5, 5.41) is 3.02. The number of carbonyl (C=O) groups is 2. The van der Waals surface area contributed by atoms with E-state index < -0.39 is 5.82 Å². The van der Waals surface area contributed by atoms with Crippen molar-refractivity contribution < 1.29 is 18.7 Å². The normalized spacial score (nSPS) is 14.6. The molecule has 1 aromatic carbocycles. The molecule has 3 rings (SSSR count). The van der Waals surface area contributed by atoms with Gasteiger partial charge in [-0.2, -0.15) is 0 Å². The fraction of sp³-hybridized carbons (Fsp3) is 0.409. The molecule has 0 atom stereocenters. The summed E-state index contributed by atoms with van der Waals surface area (Å²) >= 11 is 3.25. The lowest BCUT2D eigenvalue weighted by molar-refractivity contribution is -0.133. The van der Waals surface area contributed by atoms with Crippen LogP contribution in [0.5, 0.6) is 11.6 Å². The van der Waals surface area contributed by atoms with Crippen molar-refractivity contribution >= 4 is 27.7 Å². The second-order valence-corrected chi connectivity index (χ2v) is 8.61. The minimum Gasteiger partial charge on any atom is -0.437 e. The first-order chi connectivity index (χ1) is 14.3. The van der Waals surface area contributed by atoms with Crippen molar-refractivity contribution in [2.75, 3.05) is 13.1 Å². The zero-order chi connectivity index (χ0) is 21.7. The highest BCUT2D eigenvalue weighted by molar-refractivity contribution is 9.10. The van der Waals surface area contributed by atoms with E-state index in [4.69, 9.17) is 4.74 Å². The van der Waals surface area contributed by atoms with Crippen LogP contribution in [0.3, 0.4) is 0 Å². The fourth-order valence-corrected chi connectivity index (χ4v) is 3.75. The summed E-state index contributed by atoms with van der Waals surface area (Å²) in [5.41, 5.74) is 0.298. The van der Waals surface area contributed by atoms with E-state index in [1.54, 1.807) is 12.1 Å². The van der Waals surface area contributed by atoms with Gasteiger partial charge in [0.05, 0.1) is 4.47 Å². The Bertz CT molecular complexity index is 914. The average molecular weight is 478 g/mol. The fourth-order valence-electron chi connectivity index (χ4n) is 3.32. The van der Waals surface area contributed by atoms with Crippen LogP contribution in [-0.4, -0.2) is 40.8 Å². The molecule has 0 aliphatic carbocycles. The van der Waals surface area contributed by atoms with Gasteiger partial charge in [0.15, 0.2) is 0 Å². The molecule has 2 heterocycles. The highest BCUT2D eigenvalue weighted by Crippen LogP contribution is 2.31. The molecule has 160 valence electrons. The maximum atomic E-state index is 13.3. The number of hydrogen-bond acceptors (Lipinski definition) is 4. The van der Waals surface area contributed by atoms with Crippen molar-refractivity contribution in [3.05, 3.63) is 52.4 Å². The Labute approximate surface area is 183 Å². The molecule has 0 saturated carbocycles. The van der Waals surface area contributed by atoms with E-state index in [0.29, 0.717) is 54.1 Å². The van der Waals surface area contributed by atoms with E-state index in [-0.39, 0.29) is 23.7 Å². The van der Waals surface area contributed by atoms with Gasteiger partial charge >= 0.3 is 0 Å². The third-order valence-electron chi connectivity index (χ3n) is 4.88. The first kappa shape index (κ1) is 22.2. The van der Waals surface area contributed by atoms with Crippen LogP contribution in [-0.2, 0) is 4.79 Å². The number of halogens is 2. The number of rotatable bonds is 6. The van der Waals surface area contributed by atoms with Crippen molar-refractivity contribution in [2.45, 2.75) is 39.2 Å². The number of piperidine rings is 1. The molecule has 1 aliphatic heterocycles. The molecule has 1 aromatic heterocycles. The number of aromatic nitrogens is 1. The van der Waals surface area contributed by atoms with E-state index in [1.165, 1.54) is 24.4 Å². The first-order valence-electron chi connectivity index (χ1n) is 10.00. The number of ether oxygens (including phenoxy) is 1. The predicted molar refractivity (Wildman–Crippen MR) is 115 cm³/mol. The number of pyridine rings is 1. The van der Waals surface area contributed by atoms with Crippen molar-refractivity contribution in [2.24, 2.45) is 5.92 Å². The second-order valence-electron chi connectivity index (χ2n) is 7.76. The van der Waals surface area contributed by atoms with Crippen LogP contribution in [0, 0.1) is 11.7 Å². The van der Waals surface area contributed by atoms with Crippen LogP contribution in [0.2, 0.25) is 0 Å². The summed E-state index contributed by atoms with van der Waals surface area (Å²) in [7, 11) is 0. The number of nitrogens with zero attached hydrogens (tertiary/aromatic N) is 2. The zero-order valence-electron chi connectivity index (χ0n) is 17.0. The summed E-state index contributed by atoms with van der Waals surface area (Å²) < 4.78 is 19.5. The highest BCUT2D eigenvalue weighted by atomic mass is 79.9. The molecule has 1 saturated heterocycles. The highest BCUT2D eigenvalue weighted by Gasteiger charge is 2.25. The number of carbonyl (C=O) groups excluding carboxylic acids is 2. The van der Waals surface area contributed by atoms with Gasteiger partial charge < -0.3 is 15.0 Å². The third-order valence-corrected chi connectivity index (χ3v) is 5.50. The first-order valence-corrected chi connectivity index (χ1v) is 10.8. The summed E-state index contributed by atoms with van der Waals surface area (Å²) in [5.74, 6) is 0.324. The van der Waals surface area contributed by atoms with E-state index >= 15 is 0 Å². The molecule has 0 bridgehead atoms. The zero-order valence-corrected chi connectivity index (χ0v) is 18.6. The third kappa shape index (κ3) is 5.78. The van der Waals surface area contributed by atoms with Crippen LogP contribution in [0.25, 0.3) is 0 Å². The minimum absolute atomic E-state index is 0.0220. The van der Waals surface area contributed by atoms with Gasteiger partial charge in [-0.1, -0.05) is 13.8 Å². The molecule has 1 aliphatic rings. The van der Waals surface area contributed by atoms with E-state index in [9.17, 15) is 14.0 Å². The minimum atomic E-state index is -0.397. The van der Waals surface area contributed by atoms with Gasteiger partial charge in [-0.15, -0.1) is 0 Å². The van der Waals surface area contributed by atoms with Crippen molar-refractivity contribution in [1.29, 1.82) is 0 Å². The Hall–Kier alpha value is -2.48. The Morgan fingerprint density at radius 3 is 2.70 bits per heavy atom. The molecule has 1 N–H and O–H groups in total. The molecule has 8 heteroatoms. The van der Waals surface area contributed by atoms with Gasteiger partial charge in [-0.25, -0.2) is 9.37 Å². The van der Waals surface area contributed by atoms with E-state index in [0.717, 1.165) is 0 Å². The molecule has 2 amide bonds. The van der Waals surface area contributed by atoms with Gasteiger partial charge in [0.2, 0.25) is 11.8 Å². The lowest BCUT2D eigenvalue weighted by atomic mass is 10.0. The van der Waals surface area contributed by atoms with Gasteiger partial charge in [0, 0.05) is 31.7 Å². The largest absolute Gasteiger partial charge is 0.437 e. The molecule has 6 nitrogen and oxygen atoms in total. The maximum Gasteiger partial charge on any atom is 0.257 e. The van der Waals surface area contributed by atoms with Crippen molar-refractivity contribution in [3.63, 3.8) is 0 Å². The van der Waals surface area contributed by atoms with Crippen LogP contribution in [0.1, 0.15) is 43.5 Å². The molecule has 30 heavy (non-hydrogen) atoms. The summed E-state index contributed by atoms with van der Waals surface area (Å²) in [6, 6.07) is 7.31. The summed E-state index contributed by atoms with van der Waals surface area (Å²) in [6.45, 7) is 5.33. The summed E-state index contributed by atoms with van der Waals surface area (Å²) in [4.78, 5) is 31.1. The van der Waals surface area contributed by atoms with Gasteiger partial charge in [0.1, 0.15) is 17.1 Å². The Balaban J connectivity index is 1.62. The Morgan fingerprint density at radius 2 is 2.03 bits per heavy atom. The topological polar surface area (TPSA) is 71.5 Å². The quantitative estimate of drug-likeness (QED) is 0.662. The Morgan fingerprint density at radius 1 is 1.30 bits per heavy atom. The van der Waals surface area contributed by atoms with Crippen LogP contribution < -0.4 is 10.1 Å². The molecule has 0 unspecified atom stereocenters. The van der Waals surface area contributed by atoms with E-state index in [2.05, 4.69) is 26.2 Å². The van der Waals surface area contributed by atoms with E-state index in [1.807, 2.05) is 18.7 Å². The van der Waals surface area contributed by atoms with Gasteiger partial charge in [-0.05, 0) is 65.0 Å². The second kappa shape index (κ2) is 10.0. The molecule has 0 spiro atoms. The molecule has 1 fully saturated rings. The monoisotopic (exact) mass is 477 g/mol. The van der Waals surface area contributed by atoms with Crippen LogP contribution in [0.15, 0.2) is 41.0 Å². The number of amides is 2. The number of hydrogen-bond donors (Lipinski definition) is 1. The number of benzene rings is 1. The van der Waals surface area contributed by atoms with Crippen LogP contribution >= 0.6 is 15.9 Å². The molecule has 0 radical (unpaired) electrons. The van der Waals surface area contributed by atoms with Crippen LogP contribution in [0.4, 0.5) is 4.39 Å². The molecule has 2 aromatic rings. The number of nitrogens with one attached hydrogen (secondary N) is 1. The average Bonchev–Trinajstić information content (AvgIpc) is 2.70. The maximum absolute atomic E-state index is 13.3. The number of likely N-dealkylation sites (tertiary alicyclic amines) is 1.